The highest BCUT2D eigenvalue weighted by molar-refractivity contribution is 5.97. The van der Waals surface area contributed by atoms with Crippen molar-refractivity contribution < 1.29 is 23.9 Å². The van der Waals surface area contributed by atoms with Crippen LogP contribution in [-0.2, 0) is 20.8 Å². The van der Waals surface area contributed by atoms with Crippen molar-refractivity contribution in [3.63, 3.8) is 0 Å². The number of pyridine rings is 1. The van der Waals surface area contributed by atoms with E-state index >= 15 is 0 Å². The van der Waals surface area contributed by atoms with E-state index in [1.807, 2.05) is 20.8 Å². The third kappa shape index (κ3) is 6.98. The molecule has 0 aliphatic carbocycles. The van der Waals surface area contributed by atoms with Crippen LogP contribution < -0.4 is 5.32 Å². The van der Waals surface area contributed by atoms with Gasteiger partial charge in [-0.25, -0.2) is 4.79 Å². The number of aryl methyl sites for hydroxylation is 1. The van der Waals surface area contributed by atoms with Crippen molar-refractivity contribution in [3.8, 4) is 11.3 Å². The fourth-order valence-corrected chi connectivity index (χ4v) is 2.55. The third-order valence-electron chi connectivity index (χ3n) is 3.62. The van der Waals surface area contributed by atoms with Gasteiger partial charge in [0.05, 0.1) is 36.1 Å². The molecule has 0 bridgehead atoms. The highest BCUT2D eigenvalue weighted by Crippen LogP contribution is 2.26. The van der Waals surface area contributed by atoms with Crippen molar-refractivity contribution in [2.24, 2.45) is 0 Å². The van der Waals surface area contributed by atoms with Crippen LogP contribution in [0.1, 0.15) is 58.3 Å². The monoisotopic (exact) mass is 416 g/mol. The zero-order valence-corrected chi connectivity index (χ0v) is 18.2. The molecular weight excluding hydrogens is 388 g/mol. The number of rotatable bonds is 6. The molecule has 0 atom stereocenters. The maximum atomic E-state index is 12.1. The lowest BCUT2D eigenvalue weighted by Crippen LogP contribution is -2.27. The van der Waals surface area contributed by atoms with E-state index < -0.39 is 17.3 Å². The second-order valence-corrected chi connectivity index (χ2v) is 8.69. The fraction of sp³-hybridized carbons (Fsp3) is 0.476. The number of aromatic nitrogens is 3. The first-order valence-electron chi connectivity index (χ1n) is 9.57. The summed E-state index contributed by atoms with van der Waals surface area (Å²) in [4.78, 5) is 39.9. The maximum absolute atomic E-state index is 12.1. The van der Waals surface area contributed by atoms with Gasteiger partial charge < -0.3 is 9.47 Å². The largest absolute Gasteiger partial charge is 0.460 e. The van der Waals surface area contributed by atoms with Gasteiger partial charge in [-0.2, -0.15) is 5.10 Å². The number of carbonyl (C=O) groups is 3. The number of anilines is 1. The second kappa shape index (κ2) is 9.06. The minimum atomic E-state index is -0.671. The summed E-state index contributed by atoms with van der Waals surface area (Å²) in [5.74, 6) is -0.324. The molecule has 0 aliphatic heterocycles. The Morgan fingerprint density at radius 3 is 2.40 bits per heavy atom. The van der Waals surface area contributed by atoms with Crippen LogP contribution in [0.25, 0.3) is 11.3 Å². The van der Waals surface area contributed by atoms with Gasteiger partial charge >= 0.3 is 12.1 Å². The summed E-state index contributed by atoms with van der Waals surface area (Å²) in [7, 11) is 0. The Hall–Kier alpha value is -3.23. The lowest BCUT2D eigenvalue weighted by molar-refractivity contribution is -0.155. The minimum Gasteiger partial charge on any atom is -0.460 e. The predicted molar refractivity (Wildman–Crippen MR) is 111 cm³/mol. The van der Waals surface area contributed by atoms with E-state index in [4.69, 9.17) is 9.47 Å². The van der Waals surface area contributed by atoms with E-state index in [1.54, 1.807) is 37.8 Å². The summed E-state index contributed by atoms with van der Waals surface area (Å²) >= 11 is 0. The van der Waals surface area contributed by atoms with E-state index in [-0.39, 0.29) is 23.6 Å². The molecule has 0 aromatic carbocycles. The molecule has 9 heteroatoms. The number of nitrogens with zero attached hydrogens (tertiary/aromatic N) is 3. The highest BCUT2D eigenvalue weighted by Gasteiger charge is 2.20. The molecule has 0 unspecified atom stereocenters. The van der Waals surface area contributed by atoms with Crippen LogP contribution in [0.2, 0.25) is 0 Å². The Balaban J connectivity index is 2.15. The number of nitrogens with one attached hydrogen (secondary N) is 1. The molecule has 0 aliphatic rings. The summed E-state index contributed by atoms with van der Waals surface area (Å²) in [5.41, 5.74) is 0.213. The Morgan fingerprint density at radius 2 is 1.80 bits per heavy atom. The summed E-state index contributed by atoms with van der Waals surface area (Å²) < 4.78 is 12.1. The normalized spacial score (nSPS) is 11.7. The molecule has 2 aromatic rings. The lowest BCUT2D eigenvalue weighted by atomic mass is 10.1. The number of amides is 1. The Kier molecular flexibility index (Phi) is 6.96. The molecule has 0 spiro atoms. The average molecular weight is 416 g/mol. The summed E-state index contributed by atoms with van der Waals surface area (Å²) in [5, 5.41) is 6.79. The summed E-state index contributed by atoms with van der Waals surface area (Å²) in [6.45, 7) is 11.0. The fourth-order valence-electron chi connectivity index (χ4n) is 2.55. The van der Waals surface area contributed by atoms with Crippen LogP contribution in [0.4, 0.5) is 10.5 Å². The average Bonchev–Trinajstić information content (AvgIpc) is 3.05. The van der Waals surface area contributed by atoms with E-state index in [9.17, 15) is 14.4 Å². The number of hydrogen-bond acceptors (Lipinski definition) is 7. The first-order chi connectivity index (χ1) is 13.9. The van der Waals surface area contributed by atoms with E-state index in [0.717, 1.165) is 0 Å². The maximum Gasteiger partial charge on any atom is 0.412 e. The van der Waals surface area contributed by atoms with Crippen LogP contribution in [0.5, 0.6) is 0 Å². The second-order valence-electron chi connectivity index (χ2n) is 8.69. The van der Waals surface area contributed by atoms with Gasteiger partial charge in [0.25, 0.3) is 0 Å². The molecule has 30 heavy (non-hydrogen) atoms. The lowest BCUT2D eigenvalue weighted by Gasteiger charge is -2.20. The number of aldehydes is 1. The van der Waals surface area contributed by atoms with Crippen molar-refractivity contribution >= 4 is 24.0 Å². The molecule has 1 N–H and O–H groups in total. The predicted octanol–water partition coefficient (Wildman–Crippen LogP) is 3.84. The summed E-state index contributed by atoms with van der Waals surface area (Å²) in [6.07, 6.45) is 4.81. The Morgan fingerprint density at radius 1 is 1.13 bits per heavy atom. The molecule has 0 fully saturated rings. The molecule has 0 radical (unpaired) electrons. The van der Waals surface area contributed by atoms with Crippen molar-refractivity contribution in [1.82, 2.24) is 14.8 Å². The summed E-state index contributed by atoms with van der Waals surface area (Å²) in [6, 6.07) is 1.52. The number of hydrogen-bond donors (Lipinski definition) is 1. The standard InChI is InChI=1S/C21H28N4O5/c1-20(2,3)29-17(27)8-10-25-12-14(11-23-25)18-15(13-26)16(7-9-22-18)24-19(28)30-21(4,5)6/h7,9,11-13H,8,10H2,1-6H3,(H,22,24,28). The van der Waals surface area contributed by atoms with Gasteiger partial charge in [-0.1, -0.05) is 0 Å². The van der Waals surface area contributed by atoms with Crippen LogP contribution in [0, 0.1) is 0 Å². The highest BCUT2D eigenvalue weighted by atomic mass is 16.6. The van der Waals surface area contributed by atoms with Gasteiger partial charge in [0.1, 0.15) is 11.2 Å². The SMILES string of the molecule is CC(C)(C)OC(=O)CCn1cc(-c2nccc(NC(=O)OC(C)(C)C)c2C=O)cn1. The van der Waals surface area contributed by atoms with Crippen LogP contribution in [-0.4, -0.2) is 44.3 Å². The number of ether oxygens (including phenoxy) is 2. The zero-order valence-electron chi connectivity index (χ0n) is 18.2. The molecule has 9 nitrogen and oxygen atoms in total. The van der Waals surface area contributed by atoms with Crippen molar-refractivity contribution in [1.29, 1.82) is 0 Å². The topological polar surface area (TPSA) is 112 Å². The van der Waals surface area contributed by atoms with Crippen molar-refractivity contribution in [3.05, 3.63) is 30.2 Å². The molecule has 0 saturated heterocycles. The van der Waals surface area contributed by atoms with E-state index in [2.05, 4.69) is 15.4 Å². The van der Waals surface area contributed by atoms with Gasteiger partial charge in [0.15, 0.2) is 6.29 Å². The molecule has 2 rings (SSSR count). The van der Waals surface area contributed by atoms with Gasteiger partial charge in [0.2, 0.25) is 0 Å². The quantitative estimate of drug-likeness (QED) is 0.562. The van der Waals surface area contributed by atoms with Crippen molar-refractivity contribution in [2.75, 3.05) is 5.32 Å². The smallest absolute Gasteiger partial charge is 0.412 e. The van der Waals surface area contributed by atoms with Gasteiger partial charge in [-0.05, 0) is 47.6 Å². The molecular formula is C21H28N4O5. The molecule has 162 valence electrons. The Bertz CT molecular complexity index is 922. The van der Waals surface area contributed by atoms with Crippen LogP contribution >= 0.6 is 0 Å². The first kappa shape index (κ1) is 23.1. The van der Waals surface area contributed by atoms with Crippen molar-refractivity contribution in [2.45, 2.75) is 65.7 Å². The molecule has 1 amide bonds. The van der Waals surface area contributed by atoms with Gasteiger partial charge in [-0.3, -0.25) is 24.6 Å². The van der Waals surface area contributed by atoms with Gasteiger partial charge in [-0.15, -0.1) is 0 Å². The molecule has 2 heterocycles. The third-order valence-corrected chi connectivity index (χ3v) is 3.62. The number of esters is 1. The first-order valence-corrected chi connectivity index (χ1v) is 9.57. The minimum absolute atomic E-state index is 0.159. The van der Waals surface area contributed by atoms with E-state index in [1.165, 1.54) is 12.3 Å². The Labute approximate surface area is 175 Å². The van der Waals surface area contributed by atoms with Crippen LogP contribution in [0.15, 0.2) is 24.7 Å². The zero-order chi connectivity index (χ0) is 22.5. The van der Waals surface area contributed by atoms with Gasteiger partial charge in [0, 0.05) is 18.0 Å². The molecule has 0 saturated carbocycles. The van der Waals surface area contributed by atoms with Crippen LogP contribution in [0.3, 0.4) is 0 Å². The number of carbonyl (C=O) groups excluding carboxylic acids is 3. The molecule has 2 aromatic heterocycles. The van der Waals surface area contributed by atoms with E-state index in [0.29, 0.717) is 24.1 Å².